The molecule has 0 atom stereocenters. The molecular formula is C17H17NO3. The zero-order chi connectivity index (χ0) is 15.6. The summed E-state index contributed by atoms with van der Waals surface area (Å²) in [6.45, 7) is 9.44. The molecule has 4 nitrogen and oxygen atoms in total. The molecule has 2 aromatic carbocycles. The Kier molecular flexibility index (Phi) is 4.08. The van der Waals surface area contributed by atoms with E-state index in [9.17, 15) is 10.1 Å². The minimum Gasteiger partial charge on any atom is -0.457 e. The number of nitro groups is 1. The largest absolute Gasteiger partial charge is 0.457 e. The second-order valence-corrected chi connectivity index (χ2v) is 5.07. The predicted molar refractivity (Wildman–Crippen MR) is 83.8 cm³/mol. The van der Waals surface area contributed by atoms with Crippen LogP contribution in [-0.2, 0) is 0 Å². The van der Waals surface area contributed by atoms with E-state index < -0.39 is 4.92 Å². The molecule has 0 radical (unpaired) electrons. The first-order valence-corrected chi connectivity index (χ1v) is 6.58. The molecule has 108 valence electrons. The van der Waals surface area contributed by atoms with Gasteiger partial charge in [0.1, 0.15) is 11.5 Å². The highest BCUT2D eigenvalue weighted by atomic mass is 16.6. The summed E-state index contributed by atoms with van der Waals surface area (Å²) in [4.78, 5) is 10.4. The van der Waals surface area contributed by atoms with Crippen LogP contribution in [0.15, 0.2) is 43.0 Å². The first kappa shape index (κ1) is 14.8. The van der Waals surface area contributed by atoms with Gasteiger partial charge in [-0.1, -0.05) is 24.3 Å². The van der Waals surface area contributed by atoms with Crippen LogP contribution in [-0.4, -0.2) is 4.92 Å². The summed E-state index contributed by atoms with van der Waals surface area (Å²) in [6, 6.07) is 10.6. The Morgan fingerprint density at radius 1 is 1.14 bits per heavy atom. The summed E-state index contributed by atoms with van der Waals surface area (Å²) >= 11 is 0. The number of allylic oxidation sites excluding steroid dienone is 1. The Labute approximate surface area is 123 Å². The number of nitrogens with zero attached hydrogens (tertiary/aromatic N) is 1. The monoisotopic (exact) mass is 283 g/mol. The van der Waals surface area contributed by atoms with Crippen molar-refractivity contribution in [3.63, 3.8) is 0 Å². The van der Waals surface area contributed by atoms with E-state index in [-0.39, 0.29) is 5.69 Å². The Bertz CT molecular complexity index is 679. The lowest BCUT2D eigenvalue weighted by molar-refractivity contribution is -0.385. The van der Waals surface area contributed by atoms with Gasteiger partial charge in [0.2, 0.25) is 0 Å². The van der Waals surface area contributed by atoms with Crippen LogP contribution in [0.3, 0.4) is 0 Å². The lowest BCUT2D eigenvalue weighted by atomic mass is 10.1. The maximum Gasteiger partial charge on any atom is 0.270 e. The smallest absolute Gasteiger partial charge is 0.270 e. The maximum atomic E-state index is 10.8. The molecule has 0 fully saturated rings. The molecule has 0 bridgehead atoms. The van der Waals surface area contributed by atoms with E-state index in [1.54, 1.807) is 13.8 Å². The molecule has 0 N–H and O–H groups in total. The molecular weight excluding hydrogens is 266 g/mol. The molecule has 0 aliphatic heterocycles. The molecule has 21 heavy (non-hydrogen) atoms. The third-order valence-corrected chi connectivity index (χ3v) is 3.22. The second-order valence-electron chi connectivity index (χ2n) is 5.07. The van der Waals surface area contributed by atoms with Gasteiger partial charge in [0.05, 0.1) is 4.92 Å². The molecule has 2 rings (SSSR count). The minimum atomic E-state index is -0.397. The molecule has 0 aliphatic carbocycles. The van der Waals surface area contributed by atoms with Crippen molar-refractivity contribution in [1.82, 2.24) is 0 Å². The molecule has 4 heteroatoms. The fourth-order valence-corrected chi connectivity index (χ4v) is 2.12. The van der Waals surface area contributed by atoms with E-state index in [0.717, 1.165) is 22.3 Å². The van der Waals surface area contributed by atoms with Crippen LogP contribution in [0.2, 0.25) is 0 Å². The van der Waals surface area contributed by atoms with Crippen molar-refractivity contribution in [1.29, 1.82) is 0 Å². The van der Waals surface area contributed by atoms with Gasteiger partial charge in [-0.2, -0.15) is 0 Å². The number of hydrogen-bond donors (Lipinski definition) is 0. The van der Waals surface area contributed by atoms with Crippen LogP contribution in [0.4, 0.5) is 5.69 Å². The molecule has 0 spiro atoms. The molecule has 0 aliphatic rings. The van der Waals surface area contributed by atoms with Crippen LogP contribution >= 0.6 is 0 Å². The maximum absolute atomic E-state index is 10.8. The Morgan fingerprint density at radius 3 is 2.10 bits per heavy atom. The highest BCUT2D eigenvalue weighted by Crippen LogP contribution is 2.32. The van der Waals surface area contributed by atoms with E-state index in [0.29, 0.717) is 11.5 Å². The van der Waals surface area contributed by atoms with Gasteiger partial charge in [-0.25, -0.2) is 0 Å². The van der Waals surface area contributed by atoms with E-state index >= 15 is 0 Å². The molecule has 0 unspecified atom stereocenters. The average molecular weight is 283 g/mol. The van der Waals surface area contributed by atoms with Crippen molar-refractivity contribution in [2.75, 3.05) is 0 Å². The quantitative estimate of drug-likeness (QED) is 0.583. The van der Waals surface area contributed by atoms with Crippen LogP contribution in [0.5, 0.6) is 11.5 Å². The number of ether oxygens (including phenoxy) is 1. The Hall–Kier alpha value is -2.62. The highest BCUT2D eigenvalue weighted by molar-refractivity contribution is 5.62. The normalized spacial score (nSPS) is 10.2. The third-order valence-electron chi connectivity index (χ3n) is 3.22. The van der Waals surface area contributed by atoms with E-state index in [1.807, 2.05) is 31.2 Å². The van der Waals surface area contributed by atoms with E-state index in [1.165, 1.54) is 12.1 Å². The van der Waals surface area contributed by atoms with Gasteiger partial charge in [0, 0.05) is 12.1 Å². The number of non-ortho nitro benzene ring substituents is 1. The Balaban J connectivity index is 2.31. The lowest BCUT2D eigenvalue weighted by Crippen LogP contribution is -1.95. The molecule has 0 amide bonds. The van der Waals surface area contributed by atoms with Crippen molar-refractivity contribution < 1.29 is 9.66 Å². The first-order valence-electron chi connectivity index (χ1n) is 6.58. The highest BCUT2D eigenvalue weighted by Gasteiger charge is 2.13. The van der Waals surface area contributed by atoms with Crippen LogP contribution < -0.4 is 4.74 Å². The summed E-state index contributed by atoms with van der Waals surface area (Å²) in [5.74, 6) is 1.35. The fraction of sp³-hybridized carbons (Fsp3) is 0.176. The van der Waals surface area contributed by atoms with E-state index in [4.69, 9.17) is 4.74 Å². The third kappa shape index (κ3) is 3.28. The molecule has 2 aromatic rings. The lowest BCUT2D eigenvalue weighted by Gasteiger charge is -2.12. The zero-order valence-corrected chi connectivity index (χ0v) is 12.3. The fourth-order valence-electron chi connectivity index (χ4n) is 2.12. The summed E-state index contributed by atoms with van der Waals surface area (Å²) in [6.07, 6.45) is 0. The molecule has 0 saturated heterocycles. The van der Waals surface area contributed by atoms with Gasteiger partial charge in [-0.05, 0) is 49.6 Å². The van der Waals surface area contributed by atoms with Gasteiger partial charge >= 0.3 is 0 Å². The Morgan fingerprint density at radius 2 is 1.67 bits per heavy atom. The summed E-state index contributed by atoms with van der Waals surface area (Å²) in [5.41, 5.74) is 3.61. The second kappa shape index (κ2) is 5.79. The standard InChI is InChI=1S/C17H17NO3/c1-11(2)14-5-7-16(8-6-14)21-17-12(3)9-15(18(19)20)10-13(17)4/h5-10H,1H2,2-4H3. The van der Waals surface area contributed by atoms with Gasteiger partial charge in [0.15, 0.2) is 0 Å². The van der Waals surface area contributed by atoms with Gasteiger partial charge in [0.25, 0.3) is 5.69 Å². The van der Waals surface area contributed by atoms with Crippen molar-refractivity contribution in [3.05, 3.63) is 69.8 Å². The number of benzene rings is 2. The minimum absolute atomic E-state index is 0.0787. The number of aryl methyl sites for hydroxylation is 2. The summed E-state index contributed by atoms with van der Waals surface area (Å²) in [5, 5.41) is 10.8. The van der Waals surface area contributed by atoms with Crippen molar-refractivity contribution >= 4 is 11.3 Å². The summed E-state index contributed by atoms with van der Waals surface area (Å²) in [7, 11) is 0. The van der Waals surface area contributed by atoms with Gasteiger partial charge in [-0.15, -0.1) is 0 Å². The molecule has 0 aromatic heterocycles. The summed E-state index contributed by atoms with van der Waals surface area (Å²) < 4.78 is 5.86. The van der Waals surface area contributed by atoms with Gasteiger partial charge in [-0.3, -0.25) is 10.1 Å². The van der Waals surface area contributed by atoms with E-state index in [2.05, 4.69) is 6.58 Å². The van der Waals surface area contributed by atoms with Crippen molar-refractivity contribution in [3.8, 4) is 11.5 Å². The van der Waals surface area contributed by atoms with Crippen molar-refractivity contribution in [2.45, 2.75) is 20.8 Å². The number of rotatable bonds is 4. The first-order chi connectivity index (χ1) is 9.88. The number of nitro benzene ring substituents is 1. The van der Waals surface area contributed by atoms with Crippen LogP contribution in [0, 0.1) is 24.0 Å². The number of hydrogen-bond acceptors (Lipinski definition) is 3. The van der Waals surface area contributed by atoms with Crippen LogP contribution in [0.1, 0.15) is 23.6 Å². The molecule has 0 saturated carbocycles. The zero-order valence-electron chi connectivity index (χ0n) is 12.3. The predicted octanol–water partition coefficient (Wildman–Crippen LogP) is 5.04. The molecule has 0 heterocycles. The van der Waals surface area contributed by atoms with Gasteiger partial charge < -0.3 is 4.74 Å². The average Bonchev–Trinajstić information content (AvgIpc) is 2.43. The SMILES string of the molecule is C=C(C)c1ccc(Oc2c(C)cc([N+](=O)[O-])cc2C)cc1. The topological polar surface area (TPSA) is 52.4 Å². The van der Waals surface area contributed by atoms with Crippen molar-refractivity contribution in [2.24, 2.45) is 0 Å². The van der Waals surface area contributed by atoms with Crippen LogP contribution in [0.25, 0.3) is 5.57 Å².